The largest absolute Gasteiger partial charge is 0.478 e. The third-order valence-corrected chi connectivity index (χ3v) is 3.40. The van der Waals surface area contributed by atoms with Crippen molar-refractivity contribution in [2.75, 3.05) is 5.73 Å². The number of carbonyl (C=O) groups is 1. The SMILES string of the molecule is Nc1cccc2c1ccn2Cc1ccc(C(=O)O)cc1. The molecule has 0 saturated carbocycles. The topological polar surface area (TPSA) is 68.2 Å². The first-order valence-electron chi connectivity index (χ1n) is 6.31. The fraction of sp³-hybridized carbons (Fsp3) is 0.0625. The first-order valence-corrected chi connectivity index (χ1v) is 6.31. The van der Waals surface area contributed by atoms with Crippen LogP contribution in [0.2, 0.25) is 0 Å². The number of nitrogen functional groups attached to an aromatic ring is 1. The van der Waals surface area contributed by atoms with Crippen molar-refractivity contribution in [3.05, 3.63) is 65.9 Å². The maximum absolute atomic E-state index is 10.8. The summed E-state index contributed by atoms with van der Waals surface area (Å²) in [6.07, 6.45) is 1.99. The molecule has 3 N–H and O–H groups in total. The average Bonchev–Trinajstić information content (AvgIpc) is 2.84. The summed E-state index contributed by atoms with van der Waals surface area (Å²) in [5.41, 5.74) is 9.13. The van der Waals surface area contributed by atoms with Crippen molar-refractivity contribution >= 4 is 22.6 Å². The van der Waals surface area contributed by atoms with E-state index in [-0.39, 0.29) is 0 Å². The molecular formula is C16H14N2O2. The molecule has 0 bridgehead atoms. The first-order chi connectivity index (χ1) is 9.65. The van der Waals surface area contributed by atoms with E-state index in [2.05, 4.69) is 4.57 Å². The normalized spacial score (nSPS) is 10.8. The van der Waals surface area contributed by atoms with Crippen LogP contribution in [0.4, 0.5) is 5.69 Å². The monoisotopic (exact) mass is 266 g/mol. The Hall–Kier alpha value is -2.75. The number of carboxylic acid groups (broad SMARTS) is 1. The standard InChI is InChI=1S/C16H14N2O2/c17-14-2-1-3-15-13(14)8-9-18(15)10-11-4-6-12(7-5-11)16(19)20/h1-9H,10,17H2,(H,19,20). The number of aromatic carboxylic acids is 1. The van der Waals surface area contributed by atoms with Crippen molar-refractivity contribution in [2.45, 2.75) is 6.54 Å². The predicted molar refractivity (Wildman–Crippen MR) is 78.9 cm³/mol. The molecule has 0 aliphatic carbocycles. The van der Waals surface area contributed by atoms with E-state index in [1.165, 1.54) is 0 Å². The highest BCUT2D eigenvalue weighted by molar-refractivity contribution is 5.91. The van der Waals surface area contributed by atoms with Crippen LogP contribution in [-0.2, 0) is 6.54 Å². The number of carboxylic acids is 1. The van der Waals surface area contributed by atoms with Crippen LogP contribution < -0.4 is 5.73 Å². The second-order valence-electron chi connectivity index (χ2n) is 4.73. The van der Waals surface area contributed by atoms with Crippen LogP contribution in [0.15, 0.2) is 54.7 Å². The van der Waals surface area contributed by atoms with Crippen molar-refractivity contribution in [2.24, 2.45) is 0 Å². The highest BCUT2D eigenvalue weighted by Gasteiger charge is 2.05. The Labute approximate surface area is 116 Å². The van der Waals surface area contributed by atoms with Crippen LogP contribution in [-0.4, -0.2) is 15.6 Å². The second-order valence-corrected chi connectivity index (χ2v) is 4.73. The van der Waals surface area contributed by atoms with Crippen molar-refractivity contribution in [3.8, 4) is 0 Å². The molecule has 0 saturated heterocycles. The summed E-state index contributed by atoms with van der Waals surface area (Å²) in [7, 11) is 0. The van der Waals surface area contributed by atoms with Gasteiger partial charge in [0, 0.05) is 23.8 Å². The van der Waals surface area contributed by atoms with Gasteiger partial charge in [0.1, 0.15) is 0 Å². The third-order valence-electron chi connectivity index (χ3n) is 3.40. The molecule has 0 fully saturated rings. The maximum atomic E-state index is 10.8. The van der Waals surface area contributed by atoms with Gasteiger partial charge in [-0.05, 0) is 35.9 Å². The van der Waals surface area contributed by atoms with Gasteiger partial charge >= 0.3 is 5.97 Å². The Balaban J connectivity index is 1.93. The van der Waals surface area contributed by atoms with E-state index in [4.69, 9.17) is 10.8 Å². The minimum absolute atomic E-state index is 0.301. The van der Waals surface area contributed by atoms with E-state index in [0.717, 1.165) is 22.2 Å². The molecule has 0 radical (unpaired) electrons. The molecule has 0 spiro atoms. The maximum Gasteiger partial charge on any atom is 0.335 e. The minimum Gasteiger partial charge on any atom is -0.478 e. The molecule has 100 valence electrons. The fourth-order valence-corrected chi connectivity index (χ4v) is 2.33. The predicted octanol–water partition coefficient (Wildman–Crippen LogP) is 2.97. The quantitative estimate of drug-likeness (QED) is 0.716. The highest BCUT2D eigenvalue weighted by atomic mass is 16.4. The van der Waals surface area contributed by atoms with Crippen molar-refractivity contribution in [3.63, 3.8) is 0 Å². The molecule has 20 heavy (non-hydrogen) atoms. The van der Waals surface area contributed by atoms with Crippen LogP contribution in [0.5, 0.6) is 0 Å². The summed E-state index contributed by atoms with van der Waals surface area (Å²) in [5.74, 6) is -0.907. The first kappa shape index (κ1) is 12.3. The van der Waals surface area contributed by atoms with Crippen molar-refractivity contribution < 1.29 is 9.90 Å². The summed E-state index contributed by atoms with van der Waals surface area (Å²) in [6.45, 7) is 0.687. The number of nitrogens with zero attached hydrogens (tertiary/aromatic N) is 1. The van der Waals surface area contributed by atoms with Crippen LogP contribution in [0, 0.1) is 0 Å². The summed E-state index contributed by atoms with van der Waals surface area (Å²) >= 11 is 0. The number of rotatable bonds is 3. The number of benzene rings is 2. The molecule has 1 aromatic heterocycles. The summed E-state index contributed by atoms with van der Waals surface area (Å²) < 4.78 is 2.10. The van der Waals surface area contributed by atoms with Crippen molar-refractivity contribution in [1.29, 1.82) is 0 Å². The van der Waals surface area contributed by atoms with Gasteiger partial charge in [-0.2, -0.15) is 0 Å². The lowest BCUT2D eigenvalue weighted by Crippen LogP contribution is -2.00. The number of nitrogens with two attached hydrogens (primary N) is 1. The van der Waals surface area contributed by atoms with Crippen LogP contribution in [0.1, 0.15) is 15.9 Å². The van der Waals surface area contributed by atoms with E-state index in [1.54, 1.807) is 12.1 Å². The molecule has 3 aromatic rings. The van der Waals surface area contributed by atoms with E-state index >= 15 is 0 Å². The average molecular weight is 266 g/mol. The Morgan fingerprint density at radius 1 is 1.10 bits per heavy atom. The minimum atomic E-state index is -0.907. The zero-order chi connectivity index (χ0) is 14.1. The van der Waals surface area contributed by atoms with Gasteiger partial charge in [0.15, 0.2) is 0 Å². The Morgan fingerprint density at radius 3 is 2.55 bits per heavy atom. The molecule has 0 atom stereocenters. The molecule has 0 aliphatic rings. The van der Waals surface area contributed by atoms with E-state index < -0.39 is 5.97 Å². The van der Waals surface area contributed by atoms with Gasteiger partial charge in [-0.25, -0.2) is 4.79 Å². The van der Waals surface area contributed by atoms with E-state index in [0.29, 0.717) is 12.1 Å². The number of fused-ring (bicyclic) bond motifs is 1. The van der Waals surface area contributed by atoms with E-state index in [9.17, 15) is 4.79 Å². The van der Waals surface area contributed by atoms with Gasteiger partial charge in [-0.1, -0.05) is 18.2 Å². The Bertz CT molecular complexity index is 773. The second kappa shape index (κ2) is 4.74. The zero-order valence-electron chi connectivity index (χ0n) is 10.8. The van der Waals surface area contributed by atoms with Gasteiger partial charge in [-0.3, -0.25) is 0 Å². The summed E-state index contributed by atoms with van der Waals surface area (Å²) in [4.78, 5) is 10.8. The lowest BCUT2D eigenvalue weighted by Gasteiger charge is -2.06. The van der Waals surface area contributed by atoms with Gasteiger partial charge in [0.05, 0.1) is 11.1 Å². The smallest absolute Gasteiger partial charge is 0.335 e. The fourth-order valence-electron chi connectivity index (χ4n) is 2.33. The Kier molecular flexibility index (Phi) is 2.91. The number of anilines is 1. The summed E-state index contributed by atoms with van der Waals surface area (Å²) in [6, 6.07) is 14.8. The van der Waals surface area contributed by atoms with Crippen molar-refractivity contribution in [1.82, 2.24) is 4.57 Å². The van der Waals surface area contributed by atoms with Crippen LogP contribution >= 0.6 is 0 Å². The molecule has 1 heterocycles. The van der Waals surface area contributed by atoms with Gasteiger partial charge in [0.2, 0.25) is 0 Å². The molecule has 3 rings (SSSR count). The lowest BCUT2D eigenvalue weighted by molar-refractivity contribution is 0.0697. The number of aromatic nitrogens is 1. The van der Waals surface area contributed by atoms with Crippen LogP contribution in [0.3, 0.4) is 0 Å². The Morgan fingerprint density at radius 2 is 1.85 bits per heavy atom. The highest BCUT2D eigenvalue weighted by Crippen LogP contribution is 2.22. The summed E-state index contributed by atoms with van der Waals surface area (Å²) in [5, 5.41) is 9.92. The lowest BCUT2D eigenvalue weighted by atomic mass is 10.1. The molecule has 4 nitrogen and oxygen atoms in total. The molecule has 0 aliphatic heterocycles. The van der Waals surface area contributed by atoms with Gasteiger partial charge in [-0.15, -0.1) is 0 Å². The number of hydrogen-bond acceptors (Lipinski definition) is 2. The van der Waals surface area contributed by atoms with Crippen LogP contribution in [0.25, 0.3) is 10.9 Å². The van der Waals surface area contributed by atoms with E-state index in [1.807, 2.05) is 42.6 Å². The zero-order valence-corrected chi connectivity index (χ0v) is 10.8. The molecule has 2 aromatic carbocycles. The molecule has 4 heteroatoms. The molecule has 0 amide bonds. The van der Waals surface area contributed by atoms with Gasteiger partial charge in [0.25, 0.3) is 0 Å². The molecular weight excluding hydrogens is 252 g/mol. The third kappa shape index (κ3) is 2.12. The number of hydrogen-bond donors (Lipinski definition) is 2. The van der Waals surface area contributed by atoms with Gasteiger partial charge < -0.3 is 15.4 Å². The molecule has 0 unspecified atom stereocenters.